The number of carbonyl (C=O) groups is 2. The molecule has 0 aliphatic carbocycles. The van der Waals surface area contributed by atoms with Crippen LogP contribution in [0.5, 0.6) is 0 Å². The van der Waals surface area contributed by atoms with Gasteiger partial charge in [-0.15, -0.1) is 0 Å². The third-order valence-corrected chi connectivity index (χ3v) is 6.35. The molecule has 0 N–H and O–H groups in total. The molecule has 0 bridgehead atoms. The summed E-state index contributed by atoms with van der Waals surface area (Å²) in [5.41, 5.74) is -0.961. The maximum absolute atomic E-state index is 11.9. The van der Waals surface area contributed by atoms with Crippen LogP contribution in [0.3, 0.4) is 0 Å². The van der Waals surface area contributed by atoms with Gasteiger partial charge in [-0.2, -0.15) is 0 Å². The molecule has 1 fully saturated rings. The van der Waals surface area contributed by atoms with Gasteiger partial charge in [-0.3, -0.25) is 0 Å². The van der Waals surface area contributed by atoms with Crippen LogP contribution < -0.4 is 4.46 Å². The second kappa shape index (κ2) is 5.48. The van der Waals surface area contributed by atoms with Gasteiger partial charge >= 0.3 is 119 Å². The van der Waals surface area contributed by atoms with E-state index in [1.165, 1.54) is 11.4 Å². The Hall–Kier alpha value is -1.12. The molecule has 1 aromatic rings. The van der Waals surface area contributed by atoms with Crippen molar-refractivity contribution < 1.29 is 14.3 Å². The van der Waals surface area contributed by atoms with Crippen LogP contribution in [0.25, 0.3) is 0 Å². The second-order valence-electron chi connectivity index (χ2n) is 5.12. The normalized spacial score (nSPS) is 30.2. The van der Waals surface area contributed by atoms with Crippen molar-refractivity contribution in [2.24, 2.45) is 11.3 Å². The number of hydrogen-bond acceptors (Lipinski definition) is 3. The molecule has 0 radical (unpaired) electrons. The Morgan fingerprint density at radius 3 is 2.53 bits per heavy atom. The first-order valence-electron chi connectivity index (χ1n) is 6.36. The number of ketones is 1. The summed E-state index contributed by atoms with van der Waals surface area (Å²) in [5.74, 6) is -0.510. The van der Waals surface area contributed by atoms with Gasteiger partial charge in [-0.1, -0.05) is 0 Å². The molecule has 3 atom stereocenters. The van der Waals surface area contributed by atoms with Crippen LogP contribution >= 0.6 is 0 Å². The average Bonchev–Trinajstić information content (AvgIpc) is 2.63. The Morgan fingerprint density at radius 2 is 2.00 bits per heavy atom. The molecule has 19 heavy (non-hydrogen) atoms. The number of esters is 1. The summed E-state index contributed by atoms with van der Waals surface area (Å²) >= 11 is 0.266. The molecular weight excluding hydrogens is 307 g/mol. The van der Waals surface area contributed by atoms with Crippen LogP contribution in [0.1, 0.15) is 20.8 Å². The molecule has 0 spiro atoms. The standard InChI is InChI=1S/C15H18O3Se/c1-10-13(9-19-12-7-5-4-6-8-12)18-14(17)15(10,3)11(2)16/h4-8,10,13H,9H2,1-3H3/t10-,13+,15+/m1/s1. The van der Waals surface area contributed by atoms with E-state index in [2.05, 4.69) is 12.1 Å². The van der Waals surface area contributed by atoms with Crippen LogP contribution in [0.15, 0.2) is 30.3 Å². The quantitative estimate of drug-likeness (QED) is 0.480. The molecule has 4 heteroatoms. The SMILES string of the molecule is CC(=O)[C@@]1(C)C(=O)O[C@@H](C[Se]c2ccccc2)[C@H]1C. The van der Waals surface area contributed by atoms with E-state index in [1.807, 2.05) is 25.1 Å². The van der Waals surface area contributed by atoms with Crippen molar-refractivity contribution in [1.82, 2.24) is 0 Å². The van der Waals surface area contributed by atoms with Crippen molar-refractivity contribution in [3.8, 4) is 0 Å². The molecule has 1 saturated heterocycles. The van der Waals surface area contributed by atoms with E-state index in [0.717, 1.165) is 5.32 Å². The maximum atomic E-state index is 11.9. The molecule has 102 valence electrons. The third-order valence-electron chi connectivity index (χ3n) is 4.04. The fourth-order valence-electron chi connectivity index (χ4n) is 2.26. The summed E-state index contributed by atoms with van der Waals surface area (Å²) in [6.07, 6.45) is -0.137. The van der Waals surface area contributed by atoms with Crippen molar-refractivity contribution in [2.45, 2.75) is 32.2 Å². The van der Waals surface area contributed by atoms with Crippen LogP contribution in [0.4, 0.5) is 0 Å². The first-order chi connectivity index (χ1) is 8.96. The summed E-state index contributed by atoms with van der Waals surface area (Å²) in [6, 6.07) is 10.2. The van der Waals surface area contributed by atoms with Crippen LogP contribution in [-0.2, 0) is 14.3 Å². The summed E-state index contributed by atoms with van der Waals surface area (Å²) in [6.45, 7) is 5.12. The number of carbonyl (C=O) groups excluding carboxylic acids is 2. The van der Waals surface area contributed by atoms with E-state index in [0.29, 0.717) is 0 Å². The molecule has 0 aromatic heterocycles. The molecule has 0 amide bonds. The van der Waals surface area contributed by atoms with Crippen LogP contribution in [-0.4, -0.2) is 32.8 Å². The van der Waals surface area contributed by atoms with Gasteiger partial charge in [0.25, 0.3) is 0 Å². The van der Waals surface area contributed by atoms with E-state index in [-0.39, 0.29) is 38.7 Å². The molecule has 0 saturated carbocycles. The van der Waals surface area contributed by atoms with Gasteiger partial charge in [-0.05, 0) is 0 Å². The summed E-state index contributed by atoms with van der Waals surface area (Å²) < 4.78 is 6.71. The zero-order valence-corrected chi connectivity index (χ0v) is 13.1. The molecule has 0 unspecified atom stereocenters. The molecule has 1 aliphatic rings. The number of rotatable bonds is 4. The van der Waals surface area contributed by atoms with Crippen LogP contribution in [0, 0.1) is 11.3 Å². The first-order valence-corrected chi connectivity index (χ1v) is 8.43. The Balaban J connectivity index is 2.04. The van der Waals surface area contributed by atoms with Gasteiger partial charge in [0.1, 0.15) is 0 Å². The van der Waals surface area contributed by atoms with Gasteiger partial charge < -0.3 is 0 Å². The fourth-order valence-corrected chi connectivity index (χ4v) is 4.49. The van der Waals surface area contributed by atoms with Gasteiger partial charge in [0, 0.05) is 0 Å². The van der Waals surface area contributed by atoms with E-state index in [4.69, 9.17) is 4.74 Å². The number of Topliss-reactive ketones (excluding diaryl/α,β-unsaturated/α-hetero) is 1. The molecule has 1 aromatic carbocycles. The molecule has 3 nitrogen and oxygen atoms in total. The Labute approximate surface area is 119 Å². The van der Waals surface area contributed by atoms with Crippen molar-refractivity contribution in [2.75, 3.05) is 0 Å². The predicted molar refractivity (Wildman–Crippen MR) is 74.5 cm³/mol. The summed E-state index contributed by atoms with van der Waals surface area (Å²) in [4.78, 5) is 23.6. The molecule has 2 rings (SSSR count). The Kier molecular flexibility index (Phi) is 4.12. The monoisotopic (exact) mass is 326 g/mol. The van der Waals surface area contributed by atoms with E-state index < -0.39 is 5.41 Å². The van der Waals surface area contributed by atoms with Crippen molar-refractivity contribution in [3.05, 3.63) is 30.3 Å². The first kappa shape index (κ1) is 14.3. The fraction of sp³-hybridized carbons (Fsp3) is 0.467. The molecule has 1 aliphatic heterocycles. The van der Waals surface area contributed by atoms with Crippen molar-refractivity contribution >= 4 is 31.2 Å². The van der Waals surface area contributed by atoms with E-state index >= 15 is 0 Å². The van der Waals surface area contributed by atoms with Crippen molar-refractivity contribution in [1.29, 1.82) is 0 Å². The van der Waals surface area contributed by atoms with Gasteiger partial charge in [0.2, 0.25) is 0 Å². The van der Waals surface area contributed by atoms with E-state index in [9.17, 15) is 9.59 Å². The summed E-state index contributed by atoms with van der Waals surface area (Å²) in [7, 11) is 0. The molecular formula is C15H18O3Se. The van der Waals surface area contributed by atoms with Crippen LogP contribution in [0.2, 0.25) is 5.32 Å². The molecule has 1 heterocycles. The number of ether oxygens (including phenoxy) is 1. The minimum absolute atomic E-state index is 0.0527. The average molecular weight is 325 g/mol. The number of hydrogen-bond donors (Lipinski definition) is 0. The second-order valence-corrected chi connectivity index (χ2v) is 7.41. The topological polar surface area (TPSA) is 43.4 Å². The van der Waals surface area contributed by atoms with E-state index in [1.54, 1.807) is 6.92 Å². The van der Waals surface area contributed by atoms with Gasteiger partial charge in [-0.25, -0.2) is 0 Å². The predicted octanol–water partition coefficient (Wildman–Crippen LogP) is 1.59. The van der Waals surface area contributed by atoms with Gasteiger partial charge in [0.05, 0.1) is 0 Å². The number of cyclic esters (lactones) is 1. The Bertz CT molecular complexity index is 485. The minimum atomic E-state index is -0.961. The van der Waals surface area contributed by atoms with Crippen molar-refractivity contribution in [3.63, 3.8) is 0 Å². The third kappa shape index (κ3) is 2.60. The zero-order valence-electron chi connectivity index (χ0n) is 11.4. The van der Waals surface area contributed by atoms with Gasteiger partial charge in [0.15, 0.2) is 0 Å². The number of benzene rings is 1. The Morgan fingerprint density at radius 1 is 1.37 bits per heavy atom. The zero-order chi connectivity index (χ0) is 14.0. The summed E-state index contributed by atoms with van der Waals surface area (Å²) in [5, 5.41) is 0.826.